The molecule has 5 heteroatoms. The number of nitrogens with zero attached hydrogens (tertiary/aromatic N) is 3. The van der Waals surface area contributed by atoms with Gasteiger partial charge in [0, 0.05) is 45.1 Å². The number of aromatic nitrogens is 2. The van der Waals surface area contributed by atoms with Gasteiger partial charge >= 0.3 is 0 Å². The molecule has 0 spiro atoms. The summed E-state index contributed by atoms with van der Waals surface area (Å²) in [4.78, 5) is 7.07. The van der Waals surface area contributed by atoms with Gasteiger partial charge in [-0.2, -0.15) is 0 Å². The van der Waals surface area contributed by atoms with Crippen LogP contribution in [0.5, 0.6) is 0 Å². The molecule has 2 unspecified atom stereocenters. The van der Waals surface area contributed by atoms with Gasteiger partial charge < -0.3 is 19.9 Å². The van der Waals surface area contributed by atoms with Crippen LogP contribution in [0.1, 0.15) is 32.4 Å². The molecular formula is C15H28N4O. The summed E-state index contributed by atoms with van der Waals surface area (Å²) in [5, 5.41) is 0. The van der Waals surface area contributed by atoms with Crippen molar-refractivity contribution >= 4 is 5.95 Å². The van der Waals surface area contributed by atoms with Crippen LogP contribution in [0.15, 0.2) is 6.20 Å². The Morgan fingerprint density at radius 1 is 1.55 bits per heavy atom. The average Bonchev–Trinajstić information content (AvgIpc) is 3.01. The second-order valence-electron chi connectivity index (χ2n) is 5.78. The molecule has 5 nitrogen and oxygen atoms in total. The molecule has 2 atom stereocenters. The molecule has 1 aromatic rings. The van der Waals surface area contributed by atoms with Gasteiger partial charge in [-0.15, -0.1) is 0 Å². The van der Waals surface area contributed by atoms with Crippen LogP contribution in [0.25, 0.3) is 0 Å². The predicted octanol–water partition coefficient (Wildman–Crippen LogP) is 1.79. The van der Waals surface area contributed by atoms with Crippen LogP contribution in [0.3, 0.4) is 0 Å². The third-order valence-electron chi connectivity index (χ3n) is 4.02. The molecule has 2 heterocycles. The highest BCUT2D eigenvalue weighted by atomic mass is 16.5. The topological polar surface area (TPSA) is 56.3 Å². The summed E-state index contributed by atoms with van der Waals surface area (Å²) in [6.45, 7) is 10.9. The fourth-order valence-corrected chi connectivity index (χ4v) is 2.83. The van der Waals surface area contributed by atoms with Crippen molar-refractivity contribution in [1.82, 2.24) is 9.55 Å². The van der Waals surface area contributed by atoms with E-state index in [2.05, 4.69) is 29.5 Å². The van der Waals surface area contributed by atoms with E-state index in [1.807, 2.05) is 6.92 Å². The third-order valence-corrected chi connectivity index (χ3v) is 4.02. The molecule has 1 saturated heterocycles. The molecule has 0 saturated carbocycles. The molecule has 2 rings (SSSR count). The van der Waals surface area contributed by atoms with Gasteiger partial charge in [-0.05, 0) is 39.5 Å². The second kappa shape index (κ2) is 7.09. The van der Waals surface area contributed by atoms with Crippen LogP contribution in [-0.4, -0.2) is 41.9 Å². The maximum atomic E-state index is 6.02. The van der Waals surface area contributed by atoms with Gasteiger partial charge in [0.15, 0.2) is 0 Å². The minimum atomic E-state index is 0.266. The van der Waals surface area contributed by atoms with Gasteiger partial charge in [-0.3, -0.25) is 0 Å². The van der Waals surface area contributed by atoms with E-state index in [1.165, 1.54) is 6.42 Å². The monoisotopic (exact) mass is 280 g/mol. The number of rotatable bonds is 7. The van der Waals surface area contributed by atoms with Crippen molar-refractivity contribution in [2.45, 2.75) is 46.2 Å². The zero-order valence-corrected chi connectivity index (χ0v) is 13.0. The van der Waals surface area contributed by atoms with Gasteiger partial charge in [0.25, 0.3) is 0 Å². The maximum Gasteiger partial charge on any atom is 0.205 e. The van der Waals surface area contributed by atoms with Crippen molar-refractivity contribution in [3.8, 4) is 0 Å². The van der Waals surface area contributed by atoms with E-state index >= 15 is 0 Å². The lowest BCUT2D eigenvalue weighted by atomic mass is 10.0. The zero-order chi connectivity index (χ0) is 14.5. The number of hydrogen-bond acceptors (Lipinski definition) is 4. The first-order valence-corrected chi connectivity index (χ1v) is 7.73. The van der Waals surface area contributed by atoms with E-state index < -0.39 is 0 Å². The summed E-state index contributed by atoms with van der Waals surface area (Å²) in [7, 11) is 0. The van der Waals surface area contributed by atoms with Crippen LogP contribution in [0, 0.1) is 12.8 Å². The summed E-state index contributed by atoms with van der Waals surface area (Å²) in [6.07, 6.45) is 4.34. The Balaban J connectivity index is 1.97. The minimum absolute atomic E-state index is 0.266. The SMILES string of the molecule is CCOCCCn1cc(C)nc1N1CCC(C(C)N)C1. The summed E-state index contributed by atoms with van der Waals surface area (Å²) < 4.78 is 7.67. The summed E-state index contributed by atoms with van der Waals surface area (Å²) in [5.41, 5.74) is 7.11. The highest BCUT2D eigenvalue weighted by Gasteiger charge is 2.27. The first-order chi connectivity index (χ1) is 9.61. The number of hydrogen-bond donors (Lipinski definition) is 1. The summed E-state index contributed by atoms with van der Waals surface area (Å²) in [6, 6.07) is 0.266. The van der Waals surface area contributed by atoms with E-state index in [9.17, 15) is 0 Å². The minimum Gasteiger partial charge on any atom is -0.382 e. The van der Waals surface area contributed by atoms with Gasteiger partial charge in [-0.1, -0.05) is 0 Å². The van der Waals surface area contributed by atoms with Gasteiger partial charge in [0.05, 0.1) is 5.69 Å². The van der Waals surface area contributed by atoms with Crippen LogP contribution >= 0.6 is 0 Å². The van der Waals surface area contributed by atoms with Crippen molar-refractivity contribution in [3.05, 3.63) is 11.9 Å². The molecule has 1 aliphatic heterocycles. The third kappa shape index (κ3) is 3.73. The molecule has 0 amide bonds. The van der Waals surface area contributed by atoms with Gasteiger partial charge in [-0.25, -0.2) is 4.98 Å². The van der Waals surface area contributed by atoms with Gasteiger partial charge in [0.2, 0.25) is 5.95 Å². The molecule has 0 radical (unpaired) electrons. The largest absolute Gasteiger partial charge is 0.382 e. The van der Waals surface area contributed by atoms with Crippen LogP contribution in [-0.2, 0) is 11.3 Å². The number of imidazole rings is 1. The van der Waals surface area contributed by atoms with Crippen molar-refractivity contribution in [1.29, 1.82) is 0 Å². The van der Waals surface area contributed by atoms with Crippen molar-refractivity contribution in [2.24, 2.45) is 11.7 Å². The van der Waals surface area contributed by atoms with E-state index in [-0.39, 0.29) is 6.04 Å². The Bertz CT molecular complexity index is 416. The predicted molar refractivity (Wildman–Crippen MR) is 82.0 cm³/mol. The molecule has 0 aliphatic carbocycles. The molecule has 0 aromatic carbocycles. The fraction of sp³-hybridized carbons (Fsp3) is 0.800. The molecule has 0 bridgehead atoms. The lowest BCUT2D eigenvalue weighted by Gasteiger charge is -2.20. The Morgan fingerprint density at radius 3 is 3.00 bits per heavy atom. The van der Waals surface area contributed by atoms with Crippen molar-refractivity contribution in [2.75, 3.05) is 31.2 Å². The average molecular weight is 280 g/mol. The maximum absolute atomic E-state index is 6.02. The number of anilines is 1. The quantitative estimate of drug-likeness (QED) is 0.774. The Hall–Kier alpha value is -1.07. The first-order valence-electron chi connectivity index (χ1n) is 7.73. The van der Waals surface area contributed by atoms with E-state index in [0.29, 0.717) is 5.92 Å². The van der Waals surface area contributed by atoms with Gasteiger partial charge in [0.1, 0.15) is 0 Å². The molecule has 1 aliphatic rings. The zero-order valence-electron chi connectivity index (χ0n) is 13.0. The van der Waals surface area contributed by atoms with Crippen molar-refractivity contribution < 1.29 is 4.74 Å². The smallest absolute Gasteiger partial charge is 0.205 e. The Morgan fingerprint density at radius 2 is 2.35 bits per heavy atom. The molecule has 2 N–H and O–H groups in total. The number of aryl methyl sites for hydroxylation is 2. The van der Waals surface area contributed by atoms with Crippen LogP contribution in [0.4, 0.5) is 5.95 Å². The molecule has 1 fully saturated rings. The highest BCUT2D eigenvalue weighted by Crippen LogP contribution is 2.25. The van der Waals surface area contributed by atoms with Crippen LogP contribution < -0.4 is 10.6 Å². The van der Waals surface area contributed by atoms with E-state index in [4.69, 9.17) is 15.5 Å². The molecular weight excluding hydrogens is 252 g/mol. The lowest BCUT2D eigenvalue weighted by molar-refractivity contribution is 0.141. The second-order valence-corrected chi connectivity index (χ2v) is 5.78. The summed E-state index contributed by atoms with van der Waals surface area (Å²) in [5.74, 6) is 1.69. The first kappa shape index (κ1) is 15.3. The molecule has 114 valence electrons. The van der Waals surface area contributed by atoms with Crippen LogP contribution in [0.2, 0.25) is 0 Å². The Kier molecular flexibility index (Phi) is 5.43. The number of ether oxygens (including phenoxy) is 1. The fourth-order valence-electron chi connectivity index (χ4n) is 2.83. The normalized spacial score (nSPS) is 20.6. The highest BCUT2D eigenvalue weighted by molar-refractivity contribution is 5.35. The number of nitrogens with two attached hydrogens (primary N) is 1. The standard InChI is InChI=1S/C15H28N4O/c1-4-20-9-5-7-18-10-12(2)17-15(18)19-8-6-14(11-19)13(3)16/h10,13-14H,4-9,11,16H2,1-3H3. The molecule has 1 aromatic heterocycles. The van der Waals surface area contributed by atoms with E-state index in [1.54, 1.807) is 0 Å². The van der Waals surface area contributed by atoms with E-state index in [0.717, 1.165) is 50.9 Å². The van der Waals surface area contributed by atoms with Crippen molar-refractivity contribution in [3.63, 3.8) is 0 Å². The lowest BCUT2D eigenvalue weighted by Crippen LogP contribution is -2.30. The Labute approximate surface area is 122 Å². The molecule has 20 heavy (non-hydrogen) atoms. The summed E-state index contributed by atoms with van der Waals surface area (Å²) >= 11 is 0.